The van der Waals surface area contributed by atoms with Crippen LogP contribution in [0.4, 0.5) is 5.82 Å². The van der Waals surface area contributed by atoms with Gasteiger partial charge in [0.1, 0.15) is 17.4 Å². The Morgan fingerprint density at radius 3 is 2.62 bits per heavy atom. The smallest absolute Gasteiger partial charge is 0.234 e. The van der Waals surface area contributed by atoms with Crippen molar-refractivity contribution in [2.24, 2.45) is 0 Å². The second kappa shape index (κ2) is 6.13. The van der Waals surface area contributed by atoms with Crippen LogP contribution in [0.2, 0.25) is 10.0 Å². The lowest BCUT2D eigenvalue weighted by Gasteiger charge is -2.10. The number of hydrogen-bond acceptors (Lipinski definition) is 4. The van der Waals surface area contributed by atoms with E-state index in [0.717, 1.165) is 0 Å². The highest BCUT2D eigenvalue weighted by molar-refractivity contribution is 6.36. The predicted molar refractivity (Wildman–Crippen MR) is 65.3 cm³/mol. The Kier molecular flexibility index (Phi) is 5.12. The van der Waals surface area contributed by atoms with E-state index in [2.05, 4.69) is 4.98 Å². The summed E-state index contributed by atoms with van der Waals surface area (Å²) in [6, 6.07) is 1.50. The minimum absolute atomic E-state index is 0.169. The van der Waals surface area contributed by atoms with E-state index in [1.54, 1.807) is 0 Å². The third kappa shape index (κ3) is 4.04. The molecule has 0 aliphatic carbocycles. The summed E-state index contributed by atoms with van der Waals surface area (Å²) >= 11 is 11.6. The summed E-state index contributed by atoms with van der Waals surface area (Å²) in [6.07, 6.45) is 0.169. The van der Waals surface area contributed by atoms with Crippen LogP contribution in [-0.4, -0.2) is 24.3 Å². The molecule has 16 heavy (non-hydrogen) atoms. The summed E-state index contributed by atoms with van der Waals surface area (Å²) in [5.41, 5.74) is 5.53. The first-order chi connectivity index (χ1) is 7.50. The van der Waals surface area contributed by atoms with Gasteiger partial charge in [-0.15, -0.1) is 0 Å². The summed E-state index contributed by atoms with van der Waals surface area (Å²) in [5, 5.41) is 0.652. The number of nitrogen functional groups attached to an aromatic ring is 1. The maximum Gasteiger partial charge on any atom is 0.234 e. The fourth-order valence-corrected chi connectivity index (χ4v) is 1.40. The van der Waals surface area contributed by atoms with Gasteiger partial charge in [0.05, 0.1) is 17.7 Å². The molecule has 0 saturated heterocycles. The SMILES string of the molecule is CC(C)OCCOc1nc(N)c(Cl)cc1Cl. The molecule has 0 radical (unpaired) electrons. The van der Waals surface area contributed by atoms with Crippen molar-refractivity contribution in [2.75, 3.05) is 18.9 Å². The first-order valence-electron chi connectivity index (χ1n) is 4.86. The Labute approximate surface area is 105 Å². The molecule has 90 valence electrons. The number of aromatic nitrogens is 1. The molecule has 0 saturated carbocycles. The molecule has 4 nitrogen and oxygen atoms in total. The van der Waals surface area contributed by atoms with Gasteiger partial charge in [0.15, 0.2) is 0 Å². The van der Waals surface area contributed by atoms with E-state index in [-0.39, 0.29) is 17.8 Å². The fraction of sp³-hybridized carbons (Fsp3) is 0.500. The van der Waals surface area contributed by atoms with Crippen molar-refractivity contribution in [3.8, 4) is 5.88 Å². The second-order valence-electron chi connectivity index (χ2n) is 3.41. The molecule has 0 aliphatic rings. The van der Waals surface area contributed by atoms with Gasteiger partial charge in [-0.1, -0.05) is 23.2 Å². The van der Waals surface area contributed by atoms with E-state index in [1.165, 1.54) is 6.07 Å². The molecular formula is C10H14Cl2N2O2. The lowest BCUT2D eigenvalue weighted by atomic mass is 10.4. The Balaban J connectivity index is 2.51. The van der Waals surface area contributed by atoms with Crippen LogP contribution in [0, 0.1) is 0 Å². The van der Waals surface area contributed by atoms with Gasteiger partial charge in [0.25, 0.3) is 0 Å². The lowest BCUT2D eigenvalue weighted by Crippen LogP contribution is -2.12. The van der Waals surface area contributed by atoms with Gasteiger partial charge in [0, 0.05) is 0 Å². The van der Waals surface area contributed by atoms with Crippen LogP contribution in [0.25, 0.3) is 0 Å². The second-order valence-corrected chi connectivity index (χ2v) is 4.22. The van der Waals surface area contributed by atoms with Gasteiger partial charge in [-0.25, -0.2) is 0 Å². The van der Waals surface area contributed by atoms with Gasteiger partial charge < -0.3 is 15.2 Å². The van der Waals surface area contributed by atoms with E-state index in [0.29, 0.717) is 23.3 Å². The molecule has 1 aromatic heterocycles. The number of halogens is 2. The van der Waals surface area contributed by atoms with Gasteiger partial charge >= 0.3 is 0 Å². The van der Waals surface area contributed by atoms with Crippen molar-refractivity contribution in [2.45, 2.75) is 20.0 Å². The zero-order valence-corrected chi connectivity index (χ0v) is 10.7. The van der Waals surface area contributed by atoms with E-state index in [1.807, 2.05) is 13.8 Å². The van der Waals surface area contributed by atoms with Gasteiger partial charge in [-0.3, -0.25) is 0 Å². The normalized spacial score (nSPS) is 10.8. The first-order valence-corrected chi connectivity index (χ1v) is 5.62. The molecule has 0 aromatic carbocycles. The van der Waals surface area contributed by atoms with E-state index in [4.69, 9.17) is 38.4 Å². The molecule has 0 unspecified atom stereocenters. The van der Waals surface area contributed by atoms with Gasteiger partial charge in [-0.2, -0.15) is 4.98 Å². The number of pyridine rings is 1. The van der Waals surface area contributed by atoms with Crippen LogP contribution in [0.3, 0.4) is 0 Å². The average molecular weight is 265 g/mol. The summed E-state index contributed by atoms with van der Waals surface area (Å²) < 4.78 is 10.6. The third-order valence-electron chi connectivity index (χ3n) is 1.70. The van der Waals surface area contributed by atoms with Gasteiger partial charge in [0.2, 0.25) is 5.88 Å². The molecule has 2 N–H and O–H groups in total. The number of rotatable bonds is 5. The maximum absolute atomic E-state index is 5.87. The Morgan fingerprint density at radius 2 is 2.00 bits per heavy atom. The maximum atomic E-state index is 5.87. The highest BCUT2D eigenvalue weighted by Gasteiger charge is 2.08. The van der Waals surface area contributed by atoms with E-state index >= 15 is 0 Å². The number of nitrogens with two attached hydrogens (primary N) is 1. The predicted octanol–water partition coefficient (Wildman–Crippen LogP) is 2.77. The monoisotopic (exact) mass is 264 g/mol. The largest absolute Gasteiger partial charge is 0.474 e. The van der Waals surface area contributed by atoms with Crippen molar-refractivity contribution >= 4 is 29.0 Å². The number of anilines is 1. The van der Waals surface area contributed by atoms with E-state index < -0.39 is 0 Å². The van der Waals surface area contributed by atoms with Crippen LogP contribution in [0.1, 0.15) is 13.8 Å². The highest BCUT2D eigenvalue weighted by Crippen LogP contribution is 2.28. The van der Waals surface area contributed by atoms with Crippen molar-refractivity contribution in [3.63, 3.8) is 0 Å². The lowest BCUT2D eigenvalue weighted by molar-refractivity contribution is 0.0543. The van der Waals surface area contributed by atoms with E-state index in [9.17, 15) is 0 Å². The molecule has 0 bridgehead atoms. The van der Waals surface area contributed by atoms with Crippen molar-refractivity contribution < 1.29 is 9.47 Å². The van der Waals surface area contributed by atoms with Crippen molar-refractivity contribution in [1.82, 2.24) is 4.98 Å². The number of hydrogen-bond donors (Lipinski definition) is 1. The molecular weight excluding hydrogens is 251 g/mol. The Morgan fingerprint density at radius 1 is 1.31 bits per heavy atom. The zero-order chi connectivity index (χ0) is 12.1. The third-order valence-corrected chi connectivity index (χ3v) is 2.27. The molecule has 1 heterocycles. The first kappa shape index (κ1) is 13.4. The topological polar surface area (TPSA) is 57.4 Å². The van der Waals surface area contributed by atoms with Crippen LogP contribution in [0.15, 0.2) is 6.07 Å². The molecule has 1 aromatic rings. The summed E-state index contributed by atoms with van der Waals surface area (Å²) in [4.78, 5) is 3.93. The zero-order valence-electron chi connectivity index (χ0n) is 9.17. The minimum atomic E-state index is 0.169. The number of ether oxygens (including phenoxy) is 2. The molecule has 0 amide bonds. The number of nitrogens with zero attached hydrogens (tertiary/aromatic N) is 1. The molecule has 1 rings (SSSR count). The molecule has 0 aliphatic heterocycles. The van der Waals surface area contributed by atoms with Crippen LogP contribution in [-0.2, 0) is 4.74 Å². The van der Waals surface area contributed by atoms with Crippen molar-refractivity contribution in [1.29, 1.82) is 0 Å². The van der Waals surface area contributed by atoms with Crippen molar-refractivity contribution in [3.05, 3.63) is 16.1 Å². The summed E-state index contributed by atoms with van der Waals surface area (Å²) in [5.74, 6) is 0.474. The average Bonchev–Trinajstić information content (AvgIpc) is 2.19. The fourth-order valence-electron chi connectivity index (χ4n) is 0.987. The molecule has 6 heteroatoms. The molecule has 0 spiro atoms. The van der Waals surface area contributed by atoms with Crippen LogP contribution in [0.5, 0.6) is 5.88 Å². The molecule has 0 fully saturated rings. The van der Waals surface area contributed by atoms with Crippen LogP contribution >= 0.6 is 23.2 Å². The molecule has 0 atom stereocenters. The quantitative estimate of drug-likeness (QED) is 0.831. The minimum Gasteiger partial charge on any atom is -0.474 e. The standard InChI is InChI=1S/C10H14Cl2N2O2/c1-6(2)15-3-4-16-10-8(12)5-7(11)9(13)14-10/h5-6H,3-4H2,1-2H3,(H2,13,14). The Hall–Kier alpha value is -0.710. The van der Waals surface area contributed by atoms with Gasteiger partial charge in [-0.05, 0) is 19.9 Å². The summed E-state index contributed by atoms with van der Waals surface area (Å²) in [6.45, 7) is 4.74. The Bertz CT molecular complexity index is 359. The highest BCUT2D eigenvalue weighted by atomic mass is 35.5. The summed E-state index contributed by atoms with van der Waals surface area (Å²) in [7, 11) is 0. The van der Waals surface area contributed by atoms with Crippen LogP contribution < -0.4 is 10.5 Å².